The average molecular weight is 120 g/mol. The van der Waals surface area contributed by atoms with Gasteiger partial charge < -0.3 is 4.79 Å². The van der Waals surface area contributed by atoms with Crippen LogP contribution in [-0.2, 0) is 4.79 Å². The van der Waals surface area contributed by atoms with Crippen LogP contribution in [0.2, 0.25) is 0 Å². The van der Waals surface area contributed by atoms with E-state index in [1.807, 2.05) is 0 Å². The van der Waals surface area contributed by atoms with Crippen molar-refractivity contribution in [2.75, 3.05) is 0 Å². The first-order valence-electron chi connectivity index (χ1n) is 2.50. The monoisotopic (exact) mass is 120 g/mol. The van der Waals surface area contributed by atoms with Crippen LogP contribution < -0.4 is 0 Å². The normalized spacial score (nSPS) is 33.5. The first-order chi connectivity index (χ1) is 3.67. The molecule has 1 saturated carbocycles. The van der Waals surface area contributed by atoms with Crippen molar-refractivity contribution >= 4 is 6.29 Å². The minimum atomic E-state index is -2.68. The third kappa shape index (κ3) is 0.620. The van der Waals surface area contributed by atoms with Crippen LogP contribution in [0.5, 0.6) is 0 Å². The van der Waals surface area contributed by atoms with Crippen molar-refractivity contribution in [1.82, 2.24) is 0 Å². The minimum Gasteiger partial charge on any atom is -0.303 e. The molecule has 0 spiro atoms. The van der Waals surface area contributed by atoms with Gasteiger partial charge >= 0.3 is 0 Å². The van der Waals surface area contributed by atoms with E-state index in [0.717, 1.165) is 0 Å². The maximum absolute atomic E-state index is 12.0. The molecule has 0 radical (unpaired) electrons. The number of carbonyl (C=O) groups excluding carboxylic acids is 1. The van der Waals surface area contributed by atoms with Gasteiger partial charge in [-0.2, -0.15) is 0 Å². The van der Waals surface area contributed by atoms with Gasteiger partial charge in [0.1, 0.15) is 6.29 Å². The van der Waals surface area contributed by atoms with Gasteiger partial charge in [-0.05, 0) is 6.42 Å². The third-order valence-electron chi connectivity index (χ3n) is 1.50. The summed E-state index contributed by atoms with van der Waals surface area (Å²) in [6.07, 6.45) is 0.580. The largest absolute Gasteiger partial charge is 0.303 e. The van der Waals surface area contributed by atoms with Gasteiger partial charge in [0.25, 0.3) is 5.92 Å². The van der Waals surface area contributed by atoms with Crippen molar-refractivity contribution in [2.45, 2.75) is 18.8 Å². The van der Waals surface area contributed by atoms with Crippen LogP contribution >= 0.6 is 0 Å². The summed E-state index contributed by atoms with van der Waals surface area (Å²) >= 11 is 0. The van der Waals surface area contributed by atoms with E-state index in [2.05, 4.69) is 0 Å². The fraction of sp³-hybridized carbons (Fsp3) is 0.800. The zero-order valence-electron chi connectivity index (χ0n) is 4.23. The van der Waals surface area contributed by atoms with Gasteiger partial charge in [-0.15, -0.1) is 0 Å². The van der Waals surface area contributed by atoms with Gasteiger partial charge in [0.05, 0.1) is 5.92 Å². The Labute approximate surface area is 45.7 Å². The van der Waals surface area contributed by atoms with E-state index in [0.29, 0.717) is 12.7 Å². The molecule has 1 aliphatic rings. The lowest BCUT2D eigenvalue weighted by molar-refractivity contribution is -0.149. The number of aldehydes is 1. The lowest BCUT2D eigenvalue weighted by atomic mass is 9.82. The summed E-state index contributed by atoms with van der Waals surface area (Å²) in [5, 5.41) is 0. The molecule has 0 bridgehead atoms. The van der Waals surface area contributed by atoms with E-state index >= 15 is 0 Å². The first kappa shape index (κ1) is 5.66. The standard InChI is InChI=1S/C5H6F2O/c6-5(7)2-1-4(5)3-8/h3-4H,1-2H2. The van der Waals surface area contributed by atoms with Crippen LogP contribution in [0.4, 0.5) is 8.78 Å². The molecule has 3 heteroatoms. The lowest BCUT2D eigenvalue weighted by Crippen LogP contribution is -2.39. The van der Waals surface area contributed by atoms with Crippen LogP contribution in [0.25, 0.3) is 0 Å². The Hall–Kier alpha value is -0.470. The molecule has 0 heterocycles. The molecule has 1 unspecified atom stereocenters. The molecule has 1 fully saturated rings. The molecule has 0 saturated heterocycles. The van der Waals surface area contributed by atoms with Crippen molar-refractivity contribution in [3.63, 3.8) is 0 Å². The molecule has 1 aliphatic carbocycles. The highest BCUT2D eigenvalue weighted by atomic mass is 19.3. The molecule has 1 nitrogen and oxygen atoms in total. The second-order valence-corrected chi connectivity index (χ2v) is 2.04. The topological polar surface area (TPSA) is 17.1 Å². The molecular formula is C5H6F2O. The molecule has 1 atom stereocenters. The van der Waals surface area contributed by atoms with Gasteiger partial charge in [0.2, 0.25) is 0 Å². The quantitative estimate of drug-likeness (QED) is 0.475. The maximum atomic E-state index is 12.0. The number of hydrogen-bond acceptors (Lipinski definition) is 1. The van der Waals surface area contributed by atoms with Crippen molar-refractivity contribution in [1.29, 1.82) is 0 Å². The Morgan fingerprint density at radius 3 is 2.25 bits per heavy atom. The Bertz CT molecular complexity index is 111. The van der Waals surface area contributed by atoms with Crippen molar-refractivity contribution in [3.8, 4) is 0 Å². The second kappa shape index (κ2) is 1.50. The summed E-state index contributed by atoms with van der Waals surface area (Å²) in [7, 11) is 0. The molecule has 8 heavy (non-hydrogen) atoms. The molecule has 46 valence electrons. The maximum Gasteiger partial charge on any atom is 0.257 e. The molecule has 0 aromatic carbocycles. The van der Waals surface area contributed by atoms with E-state index in [9.17, 15) is 13.6 Å². The van der Waals surface area contributed by atoms with E-state index in [4.69, 9.17) is 0 Å². The van der Waals surface area contributed by atoms with Crippen LogP contribution in [0.15, 0.2) is 0 Å². The molecule has 0 amide bonds. The molecular weight excluding hydrogens is 114 g/mol. The van der Waals surface area contributed by atoms with E-state index in [1.165, 1.54) is 0 Å². The summed E-state index contributed by atoms with van der Waals surface area (Å²) < 4.78 is 23.9. The van der Waals surface area contributed by atoms with Crippen molar-refractivity contribution < 1.29 is 13.6 Å². The second-order valence-electron chi connectivity index (χ2n) is 2.04. The van der Waals surface area contributed by atoms with Gasteiger partial charge in [0.15, 0.2) is 0 Å². The lowest BCUT2D eigenvalue weighted by Gasteiger charge is -2.31. The Morgan fingerprint density at radius 2 is 2.25 bits per heavy atom. The first-order valence-corrected chi connectivity index (χ1v) is 2.50. The predicted octanol–water partition coefficient (Wildman–Crippen LogP) is 1.23. The molecule has 0 aromatic rings. The fourth-order valence-electron chi connectivity index (χ4n) is 0.697. The van der Waals surface area contributed by atoms with Gasteiger partial charge in [-0.1, -0.05) is 0 Å². The number of halogens is 2. The SMILES string of the molecule is O=CC1CCC1(F)F. The van der Waals surface area contributed by atoms with Gasteiger partial charge in [-0.25, -0.2) is 8.78 Å². The molecule has 0 aliphatic heterocycles. The van der Waals surface area contributed by atoms with Gasteiger partial charge in [-0.3, -0.25) is 0 Å². The zero-order valence-corrected chi connectivity index (χ0v) is 4.23. The van der Waals surface area contributed by atoms with Crippen LogP contribution in [0.3, 0.4) is 0 Å². The van der Waals surface area contributed by atoms with Crippen molar-refractivity contribution in [3.05, 3.63) is 0 Å². The summed E-state index contributed by atoms with van der Waals surface area (Å²) in [6.45, 7) is 0. The number of alkyl halides is 2. The molecule has 0 N–H and O–H groups in total. The molecule has 1 rings (SSSR count). The van der Waals surface area contributed by atoms with Crippen molar-refractivity contribution in [2.24, 2.45) is 5.92 Å². The van der Waals surface area contributed by atoms with Crippen LogP contribution in [0, 0.1) is 5.92 Å². The molecule has 0 aromatic heterocycles. The Morgan fingerprint density at radius 1 is 1.62 bits per heavy atom. The van der Waals surface area contributed by atoms with Crippen LogP contribution in [-0.4, -0.2) is 12.2 Å². The zero-order chi connectivity index (χ0) is 6.20. The summed E-state index contributed by atoms with van der Waals surface area (Å²) in [5.41, 5.74) is 0. The number of carbonyl (C=O) groups is 1. The van der Waals surface area contributed by atoms with Gasteiger partial charge in [0, 0.05) is 6.42 Å². The Kier molecular flexibility index (Phi) is 1.06. The Balaban J connectivity index is 2.49. The average Bonchev–Trinajstić information content (AvgIpc) is 1.66. The summed E-state index contributed by atoms with van der Waals surface area (Å²) in [5.74, 6) is -3.66. The smallest absolute Gasteiger partial charge is 0.257 e. The number of hydrogen-bond donors (Lipinski definition) is 0. The van der Waals surface area contributed by atoms with E-state index in [-0.39, 0.29) is 6.42 Å². The summed E-state index contributed by atoms with van der Waals surface area (Å²) in [4.78, 5) is 9.72. The van der Waals surface area contributed by atoms with Crippen LogP contribution in [0.1, 0.15) is 12.8 Å². The highest BCUT2D eigenvalue weighted by Gasteiger charge is 2.47. The van der Waals surface area contributed by atoms with E-state index < -0.39 is 11.8 Å². The third-order valence-corrected chi connectivity index (χ3v) is 1.50. The highest BCUT2D eigenvalue weighted by molar-refractivity contribution is 5.57. The van der Waals surface area contributed by atoms with E-state index in [1.54, 1.807) is 0 Å². The number of rotatable bonds is 1. The fourth-order valence-corrected chi connectivity index (χ4v) is 0.697. The predicted molar refractivity (Wildman–Crippen MR) is 23.7 cm³/mol. The minimum absolute atomic E-state index is 0.115. The summed E-state index contributed by atoms with van der Waals surface area (Å²) in [6, 6.07) is 0. The highest BCUT2D eigenvalue weighted by Crippen LogP contribution is 2.41.